The molecule has 0 unspecified atom stereocenters. The van der Waals surface area contributed by atoms with Crippen LogP contribution in [0.2, 0.25) is 0 Å². The first-order valence-corrected chi connectivity index (χ1v) is 7.61. The van der Waals surface area contributed by atoms with E-state index in [1.54, 1.807) is 11.9 Å². The van der Waals surface area contributed by atoms with Crippen LogP contribution in [0.3, 0.4) is 0 Å². The topological polar surface area (TPSA) is 40.5 Å². The average molecular weight is 283 g/mol. The van der Waals surface area contributed by atoms with Crippen molar-refractivity contribution >= 4 is 22.4 Å². The summed E-state index contributed by atoms with van der Waals surface area (Å²) in [6.45, 7) is 0. The number of rotatable bonds is 2. The summed E-state index contributed by atoms with van der Waals surface area (Å²) >= 11 is 0. The molecule has 2 aromatic carbocycles. The maximum absolute atomic E-state index is 12.6. The first-order valence-electron chi connectivity index (χ1n) is 7.61. The van der Waals surface area contributed by atoms with Gasteiger partial charge in [0.1, 0.15) is 0 Å². The van der Waals surface area contributed by atoms with Crippen LogP contribution in [-0.2, 0) is 4.79 Å². The van der Waals surface area contributed by atoms with Crippen molar-refractivity contribution in [2.24, 2.45) is 5.92 Å². The molecule has 1 aliphatic carbocycles. The van der Waals surface area contributed by atoms with Crippen LogP contribution in [0.15, 0.2) is 42.5 Å². The molecule has 0 bridgehead atoms. The number of aliphatic hydroxyl groups is 1. The van der Waals surface area contributed by atoms with Crippen molar-refractivity contribution in [3.05, 3.63) is 42.5 Å². The SMILES string of the molecule is CN(C(=O)[C@@H]1CCCC[C@@H]1O)c1ccc2ccccc2c1. The molecule has 2 aromatic rings. The zero-order valence-corrected chi connectivity index (χ0v) is 12.3. The summed E-state index contributed by atoms with van der Waals surface area (Å²) < 4.78 is 0. The Bertz CT molecular complexity index is 652. The molecular weight excluding hydrogens is 262 g/mol. The van der Waals surface area contributed by atoms with Gasteiger partial charge in [0, 0.05) is 12.7 Å². The highest BCUT2D eigenvalue weighted by molar-refractivity contribution is 5.97. The standard InChI is InChI=1S/C18H21NO2/c1-19(18(21)16-8-4-5-9-17(16)20)15-11-10-13-6-2-3-7-14(13)12-15/h2-3,6-7,10-12,16-17,20H,4-5,8-9H2,1H3/t16-,17+/m1/s1. The van der Waals surface area contributed by atoms with E-state index in [4.69, 9.17) is 0 Å². The highest BCUT2D eigenvalue weighted by Gasteiger charge is 2.31. The highest BCUT2D eigenvalue weighted by atomic mass is 16.3. The van der Waals surface area contributed by atoms with Gasteiger partial charge in [-0.25, -0.2) is 0 Å². The number of aliphatic hydroxyl groups excluding tert-OH is 1. The van der Waals surface area contributed by atoms with Crippen LogP contribution in [0.25, 0.3) is 10.8 Å². The summed E-state index contributed by atoms with van der Waals surface area (Å²) in [6.07, 6.45) is 3.08. The lowest BCUT2D eigenvalue weighted by Crippen LogP contribution is -2.40. The van der Waals surface area contributed by atoms with Crippen LogP contribution in [0, 0.1) is 5.92 Å². The Morgan fingerprint density at radius 3 is 2.57 bits per heavy atom. The van der Waals surface area contributed by atoms with E-state index >= 15 is 0 Å². The molecule has 0 radical (unpaired) electrons. The third-order valence-corrected chi connectivity index (χ3v) is 4.50. The molecule has 1 saturated carbocycles. The molecule has 0 heterocycles. The van der Waals surface area contributed by atoms with Gasteiger partial charge >= 0.3 is 0 Å². The molecule has 0 aromatic heterocycles. The van der Waals surface area contributed by atoms with E-state index in [2.05, 4.69) is 6.07 Å². The van der Waals surface area contributed by atoms with Crippen molar-refractivity contribution in [2.75, 3.05) is 11.9 Å². The molecule has 1 amide bonds. The van der Waals surface area contributed by atoms with Crippen LogP contribution in [-0.4, -0.2) is 24.2 Å². The minimum atomic E-state index is -0.492. The van der Waals surface area contributed by atoms with E-state index in [1.165, 1.54) is 5.39 Å². The molecule has 21 heavy (non-hydrogen) atoms. The Balaban J connectivity index is 1.85. The van der Waals surface area contributed by atoms with Gasteiger partial charge in [0.2, 0.25) is 5.91 Å². The monoisotopic (exact) mass is 283 g/mol. The van der Waals surface area contributed by atoms with Crippen LogP contribution in [0.4, 0.5) is 5.69 Å². The number of carbonyl (C=O) groups is 1. The van der Waals surface area contributed by atoms with Gasteiger partial charge in [0.25, 0.3) is 0 Å². The molecular formula is C18H21NO2. The first kappa shape index (κ1) is 14.1. The van der Waals surface area contributed by atoms with Crippen molar-refractivity contribution in [3.63, 3.8) is 0 Å². The predicted octanol–water partition coefficient (Wildman–Crippen LogP) is 3.35. The fourth-order valence-electron chi connectivity index (χ4n) is 3.16. The second-order valence-electron chi connectivity index (χ2n) is 5.89. The third kappa shape index (κ3) is 2.79. The minimum Gasteiger partial charge on any atom is -0.392 e. The number of nitrogens with zero attached hydrogens (tertiary/aromatic N) is 1. The molecule has 3 rings (SSSR count). The number of amides is 1. The van der Waals surface area contributed by atoms with Gasteiger partial charge in [-0.3, -0.25) is 4.79 Å². The summed E-state index contributed by atoms with van der Waals surface area (Å²) in [5.41, 5.74) is 0.886. The normalized spacial score (nSPS) is 22.2. The van der Waals surface area contributed by atoms with Crippen molar-refractivity contribution in [3.8, 4) is 0 Å². The molecule has 2 atom stereocenters. The molecule has 1 fully saturated rings. The van der Waals surface area contributed by atoms with Crippen LogP contribution < -0.4 is 4.90 Å². The van der Waals surface area contributed by atoms with E-state index in [-0.39, 0.29) is 11.8 Å². The zero-order chi connectivity index (χ0) is 14.8. The molecule has 3 nitrogen and oxygen atoms in total. The molecule has 1 aliphatic rings. The Kier molecular flexibility index (Phi) is 3.93. The van der Waals surface area contributed by atoms with Crippen LogP contribution in [0.5, 0.6) is 0 Å². The van der Waals surface area contributed by atoms with Crippen molar-refractivity contribution in [1.29, 1.82) is 0 Å². The molecule has 0 spiro atoms. The third-order valence-electron chi connectivity index (χ3n) is 4.50. The second-order valence-corrected chi connectivity index (χ2v) is 5.89. The number of fused-ring (bicyclic) bond motifs is 1. The van der Waals surface area contributed by atoms with Gasteiger partial charge < -0.3 is 10.0 Å². The van der Waals surface area contributed by atoms with Gasteiger partial charge in [-0.2, -0.15) is 0 Å². The van der Waals surface area contributed by atoms with Crippen LogP contribution in [0.1, 0.15) is 25.7 Å². The Labute approximate surface area is 125 Å². The summed E-state index contributed by atoms with van der Waals surface area (Å²) in [5, 5.41) is 12.3. The summed E-state index contributed by atoms with van der Waals surface area (Å²) in [5.74, 6) is -0.229. The minimum absolute atomic E-state index is 0.0254. The number of hydrogen-bond acceptors (Lipinski definition) is 2. The molecule has 3 heteroatoms. The van der Waals surface area contributed by atoms with E-state index in [0.717, 1.165) is 36.8 Å². The van der Waals surface area contributed by atoms with Crippen molar-refractivity contribution in [2.45, 2.75) is 31.8 Å². The van der Waals surface area contributed by atoms with Crippen molar-refractivity contribution < 1.29 is 9.90 Å². The first-order chi connectivity index (χ1) is 10.2. The Morgan fingerprint density at radius 1 is 1.10 bits per heavy atom. The number of benzene rings is 2. The zero-order valence-electron chi connectivity index (χ0n) is 12.3. The summed E-state index contributed by atoms with van der Waals surface area (Å²) in [7, 11) is 1.80. The molecule has 110 valence electrons. The van der Waals surface area contributed by atoms with Gasteiger partial charge in [-0.1, -0.05) is 43.2 Å². The largest absolute Gasteiger partial charge is 0.392 e. The van der Waals surface area contributed by atoms with Gasteiger partial charge in [-0.15, -0.1) is 0 Å². The maximum Gasteiger partial charge on any atom is 0.232 e. The summed E-state index contributed by atoms with van der Waals surface area (Å²) in [6, 6.07) is 14.1. The highest BCUT2D eigenvalue weighted by Crippen LogP contribution is 2.28. The van der Waals surface area contributed by atoms with Gasteiger partial charge in [0.05, 0.1) is 12.0 Å². The lowest BCUT2D eigenvalue weighted by molar-refractivity contribution is -0.127. The van der Waals surface area contributed by atoms with Crippen molar-refractivity contribution in [1.82, 2.24) is 0 Å². The Morgan fingerprint density at radius 2 is 1.81 bits per heavy atom. The number of carbonyl (C=O) groups excluding carboxylic acids is 1. The van der Waals surface area contributed by atoms with Crippen LogP contribution >= 0.6 is 0 Å². The number of hydrogen-bond donors (Lipinski definition) is 1. The van der Waals surface area contributed by atoms with E-state index in [1.807, 2.05) is 36.4 Å². The fourth-order valence-corrected chi connectivity index (χ4v) is 3.16. The van der Waals surface area contributed by atoms with E-state index in [0.29, 0.717) is 0 Å². The van der Waals surface area contributed by atoms with Gasteiger partial charge in [-0.05, 0) is 35.7 Å². The Hall–Kier alpha value is -1.87. The second kappa shape index (κ2) is 5.86. The average Bonchev–Trinajstić information content (AvgIpc) is 2.53. The quantitative estimate of drug-likeness (QED) is 0.918. The maximum atomic E-state index is 12.6. The lowest BCUT2D eigenvalue weighted by Gasteiger charge is -2.30. The lowest BCUT2D eigenvalue weighted by atomic mass is 9.85. The molecule has 0 aliphatic heterocycles. The van der Waals surface area contributed by atoms with Gasteiger partial charge in [0.15, 0.2) is 0 Å². The molecule has 0 saturated heterocycles. The van der Waals surface area contributed by atoms with E-state index < -0.39 is 6.10 Å². The number of anilines is 1. The fraction of sp³-hybridized carbons (Fsp3) is 0.389. The smallest absolute Gasteiger partial charge is 0.232 e. The summed E-state index contributed by atoms with van der Waals surface area (Å²) in [4.78, 5) is 14.3. The molecule has 1 N–H and O–H groups in total. The van der Waals surface area contributed by atoms with E-state index in [9.17, 15) is 9.90 Å². The predicted molar refractivity (Wildman–Crippen MR) is 85.3 cm³/mol.